The predicted octanol–water partition coefficient (Wildman–Crippen LogP) is 1.02. The summed E-state index contributed by atoms with van der Waals surface area (Å²) in [4.78, 5) is 11.8. The number of hydrogen-bond donors (Lipinski definition) is 2. The molecule has 1 fully saturated rings. The first-order valence-corrected chi connectivity index (χ1v) is 6.13. The number of carbonyl (C=O) groups excluding carboxylic acids is 1. The van der Waals surface area contributed by atoms with E-state index in [4.69, 9.17) is 5.73 Å². The lowest BCUT2D eigenvalue weighted by Crippen LogP contribution is -2.39. The van der Waals surface area contributed by atoms with Crippen LogP contribution in [0.2, 0.25) is 0 Å². The predicted molar refractivity (Wildman–Crippen MR) is 66.1 cm³/mol. The second kappa shape index (κ2) is 4.77. The molecule has 1 aromatic rings. The highest BCUT2D eigenvalue weighted by Crippen LogP contribution is 2.30. The summed E-state index contributed by atoms with van der Waals surface area (Å²) in [6.07, 6.45) is 5.49. The molecule has 0 radical (unpaired) electrons. The standard InChI is InChI=1S/C12H20N4O/c1-8-3-4-11(9(8)2)15-12(17)7-16-6-10(13)5-14-16/h5-6,8-9,11H,3-4,7,13H2,1-2H3,(H,15,17). The van der Waals surface area contributed by atoms with Gasteiger partial charge in [-0.1, -0.05) is 13.8 Å². The molecule has 0 aromatic carbocycles. The summed E-state index contributed by atoms with van der Waals surface area (Å²) in [6.45, 7) is 4.69. The molecule has 0 aliphatic heterocycles. The number of amides is 1. The number of carbonyl (C=O) groups is 1. The summed E-state index contributed by atoms with van der Waals surface area (Å²) in [5, 5.41) is 7.07. The normalized spacial score (nSPS) is 28.2. The Morgan fingerprint density at radius 3 is 2.88 bits per heavy atom. The zero-order chi connectivity index (χ0) is 12.4. The largest absolute Gasteiger partial charge is 0.396 e. The van der Waals surface area contributed by atoms with Crippen LogP contribution in [0.25, 0.3) is 0 Å². The molecule has 1 saturated carbocycles. The SMILES string of the molecule is CC1CCC(NC(=O)Cn2cc(N)cn2)C1C. The van der Waals surface area contributed by atoms with Gasteiger partial charge >= 0.3 is 0 Å². The van der Waals surface area contributed by atoms with Crippen LogP contribution in [-0.2, 0) is 11.3 Å². The zero-order valence-electron chi connectivity index (χ0n) is 10.4. The maximum atomic E-state index is 11.8. The van der Waals surface area contributed by atoms with Crippen molar-refractivity contribution in [1.82, 2.24) is 15.1 Å². The Balaban J connectivity index is 1.85. The molecule has 17 heavy (non-hydrogen) atoms. The smallest absolute Gasteiger partial charge is 0.241 e. The molecule has 3 atom stereocenters. The molecule has 0 bridgehead atoms. The first-order chi connectivity index (χ1) is 8.06. The highest BCUT2D eigenvalue weighted by atomic mass is 16.2. The fourth-order valence-corrected chi connectivity index (χ4v) is 2.43. The van der Waals surface area contributed by atoms with E-state index in [-0.39, 0.29) is 12.5 Å². The van der Waals surface area contributed by atoms with Gasteiger partial charge in [0.15, 0.2) is 0 Å². The van der Waals surface area contributed by atoms with E-state index in [2.05, 4.69) is 24.3 Å². The minimum absolute atomic E-state index is 0.0130. The molecule has 3 N–H and O–H groups in total. The van der Waals surface area contributed by atoms with Crippen LogP contribution in [0, 0.1) is 11.8 Å². The highest BCUT2D eigenvalue weighted by Gasteiger charge is 2.30. The van der Waals surface area contributed by atoms with Crippen molar-refractivity contribution >= 4 is 11.6 Å². The van der Waals surface area contributed by atoms with Crippen LogP contribution in [0.5, 0.6) is 0 Å². The fraction of sp³-hybridized carbons (Fsp3) is 0.667. The van der Waals surface area contributed by atoms with Crippen LogP contribution < -0.4 is 11.1 Å². The van der Waals surface area contributed by atoms with E-state index in [1.54, 1.807) is 17.1 Å². The Labute approximate surface area is 101 Å². The molecule has 5 nitrogen and oxygen atoms in total. The second-order valence-corrected chi connectivity index (χ2v) is 5.06. The third-order valence-electron chi connectivity index (χ3n) is 3.77. The Morgan fingerprint density at radius 1 is 1.59 bits per heavy atom. The van der Waals surface area contributed by atoms with Gasteiger partial charge in [0.25, 0.3) is 0 Å². The van der Waals surface area contributed by atoms with Gasteiger partial charge in [-0.05, 0) is 24.7 Å². The molecule has 5 heteroatoms. The van der Waals surface area contributed by atoms with E-state index < -0.39 is 0 Å². The fourth-order valence-electron chi connectivity index (χ4n) is 2.43. The molecule has 2 rings (SSSR count). The number of anilines is 1. The van der Waals surface area contributed by atoms with Gasteiger partial charge in [0, 0.05) is 12.2 Å². The van der Waals surface area contributed by atoms with Gasteiger partial charge < -0.3 is 11.1 Å². The summed E-state index contributed by atoms with van der Waals surface area (Å²) < 4.78 is 1.56. The zero-order valence-corrected chi connectivity index (χ0v) is 10.4. The van der Waals surface area contributed by atoms with E-state index in [1.165, 1.54) is 6.42 Å². The third kappa shape index (κ3) is 2.78. The topological polar surface area (TPSA) is 72.9 Å². The summed E-state index contributed by atoms with van der Waals surface area (Å²) in [7, 11) is 0. The average molecular weight is 236 g/mol. The van der Waals surface area contributed by atoms with Crippen LogP contribution in [-0.4, -0.2) is 21.7 Å². The Morgan fingerprint density at radius 2 is 2.35 bits per heavy atom. The highest BCUT2D eigenvalue weighted by molar-refractivity contribution is 5.76. The van der Waals surface area contributed by atoms with Gasteiger partial charge in [0.05, 0.1) is 11.9 Å². The molecular formula is C12H20N4O. The average Bonchev–Trinajstić information content (AvgIpc) is 2.79. The maximum Gasteiger partial charge on any atom is 0.241 e. The van der Waals surface area contributed by atoms with Crippen molar-refractivity contribution in [3.05, 3.63) is 12.4 Å². The van der Waals surface area contributed by atoms with E-state index in [0.717, 1.165) is 6.42 Å². The molecule has 1 heterocycles. The van der Waals surface area contributed by atoms with Crippen LogP contribution in [0.1, 0.15) is 26.7 Å². The molecular weight excluding hydrogens is 216 g/mol. The van der Waals surface area contributed by atoms with Crippen molar-refractivity contribution < 1.29 is 4.79 Å². The van der Waals surface area contributed by atoms with Gasteiger partial charge in [-0.3, -0.25) is 9.48 Å². The van der Waals surface area contributed by atoms with Crippen molar-refractivity contribution in [2.24, 2.45) is 11.8 Å². The lowest BCUT2D eigenvalue weighted by molar-refractivity contribution is -0.122. The molecule has 1 aliphatic carbocycles. The lowest BCUT2D eigenvalue weighted by atomic mass is 9.98. The first kappa shape index (κ1) is 12.0. The molecule has 0 saturated heterocycles. The third-order valence-corrected chi connectivity index (χ3v) is 3.77. The summed E-state index contributed by atoms with van der Waals surface area (Å²) in [6, 6.07) is 0.311. The minimum atomic E-state index is 0.0130. The van der Waals surface area contributed by atoms with Crippen molar-refractivity contribution in [1.29, 1.82) is 0 Å². The van der Waals surface area contributed by atoms with Crippen LogP contribution >= 0.6 is 0 Å². The minimum Gasteiger partial charge on any atom is -0.396 e. The van der Waals surface area contributed by atoms with Crippen molar-refractivity contribution in [3.63, 3.8) is 0 Å². The number of rotatable bonds is 3. The molecule has 3 unspecified atom stereocenters. The van der Waals surface area contributed by atoms with Gasteiger partial charge in [-0.2, -0.15) is 5.10 Å². The number of nitrogens with two attached hydrogens (primary N) is 1. The van der Waals surface area contributed by atoms with Gasteiger partial charge in [-0.25, -0.2) is 0 Å². The van der Waals surface area contributed by atoms with E-state index in [0.29, 0.717) is 23.6 Å². The molecule has 1 aromatic heterocycles. The van der Waals surface area contributed by atoms with Gasteiger partial charge in [0.1, 0.15) is 6.54 Å². The Kier molecular flexibility index (Phi) is 3.36. The summed E-state index contributed by atoms with van der Waals surface area (Å²) in [5.74, 6) is 1.27. The van der Waals surface area contributed by atoms with Crippen LogP contribution in [0.15, 0.2) is 12.4 Å². The van der Waals surface area contributed by atoms with E-state index >= 15 is 0 Å². The molecule has 0 spiro atoms. The summed E-state index contributed by atoms with van der Waals surface area (Å²) in [5.41, 5.74) is 6.13. The Hall–Kier alpha value is -1.52. The monoisotopic (exact) mass is 236 g/mol. The van der Waals surface area contributed by atoms with Crippen LogP contribution in [0.4, 0.5) is 5.69 Å². The van der Waals surface area contributed by atoms with E-state index in [1.807, 2.05) is 0 Å². The first-order valence-electron chi connectivity index (χ1n) is 6.13. The quantitative estimate of drug-likeness (QED) is 0.822. The molecule has 94 valence electrons. The number of nitrogen functional groups attached to an aromatic ring is 1. The number of nitrogens with one attached hydrogen (secondary N) is 1. The van der Waals surface area contributed by atoms with Crippen LogP contribution in [0.3, 0.4) is 0 Å². The molecule has 1 amide bonds. The maximum absolute atomic E-state index is 11.8. The van der Waals surface area contributed by atoms with Crippen molar-refractivity contribution in [2.45, 2.75) is 39.3 Å². The summed E-state index contributed by atoms with van der Waals surface area (Å²) >= 11 is 0. The number of nitrogens with zero attached hydrogens (tertiary/aromatic N) is 2. The number of hydrogen-bond acceptors (Lipinski definition) is 3. The van der Waals surface area contributed by atoms with Crippen molar-refractivity contribution in [3.8, 4) is 0 Å². The van der Waals surface area contributed by atoms with Gasteiger partial charge in [-0.15, -0.1) is 0 Å². The number of aromatic nitrogens is 2. The second-order valence-electron chi connectivity index (χ2n) is 5.06. The lowest BCUT2D eigenvalue weighted by Gasteiger charge is -2.19. The van der Waals surface area contributed by atoms with Gasteiger partial charge in [0.2, 0.25) is 5.91 Å². The van der Waals surface area contributed by atoms with E-state index in [9.17, 15) is 4.79 Å². The Bertz CT molecular complexity index is 401. The van der Waals surface area contributed by atoms with Crippen molar-refractivity contribution in [2.75, 3.05) is 5.73 Å². The molecule has 1 aliphatic rings.